The van der Waals surface area contributed by atoms with Gasteiger partial charge in [0.05, 0.1) is 23.0 Å². The van der Waals surface area contributed by atoms with Gasteiger partial charge >= 0.3 is 12.1 Å². The first-order valence-electron chi connectivity index (χ1n) is 14.6. The highest BCUT2D eigenvalue weighted by Gasteiger charge is 2.60. The predicted molar refractivity (Wildman–Crippen MR) is 154 cm³/mol. The lowest BCUT2D eigenvalue weighted by Crippen LogP contribution is -2.63. The molecule has 0 spiro atoms. The van der Waals surface area contributed by atoms with Crippen molar-refractivity contribution >= 4 is 35.4 Å². The number of carboxylic acids is 1. The Hall–Kier alpha value is -3.16. The molecule has 0 bridgehead atoms. The summed E-state index contributed by atoms with van der Waals surface area (Å²) in [7, 11) is 0. The van der Waals surface area contributed by atoms with Crippen molar-refractivity contribution in [1.29, 1.82) is 0 Å². The fourth-order valence-corrected chi connectivity index (χ4v) is 8.33. The van der Waals surface area contributed by atoms with Gasteiger partial charge in [0.15, 0.2) is 0 Å². The van der Waals surface area contributed by atoms with Gasteiger partial charge in [-0.1, -0.05) is 6.92 Å². The highest BCUT2D eigenvalue weighted by Crippen LogP contribution is 2.51. The Bertz CT molecular complexity index is 1250. The Balaban J connectivity index is 1.09. The van der Waals surface area contributed by atoms with E-state index >= 15 is 0 Å². The Kier molecular flexibility index (Phi) is 9.09. The molecule has 1 aromatic carbocycles. The largest absolute Gasteiger partial charge is 0.477 e. The molecule has 42 heavy (non-hydrogen) atoms. The van der Waals surface area contributed by atoms with Gasteiger partial charge in [-0.25, -0.2) is 9.59 Å². The number of amides is 2. The number of ether oxygens (including phenoxy) is 1. The summed E-state index contributed by atoms with van der Waals surface area (Å²) in [5.41, 5.74) is 0.774. The third-order valence-electron chi connectivity index (χ3n) is 8.97. The minimum atomic E-state index is -1.09. The molecule has 2 amide bonds. The van der Waals surface area contributed by atoms with Crippen molar-refractivity contribution in [3.63, 3.8) is 0 Å². The number of carbonyl (C=O) groups excluding carboxylic acids is 2. The van der Waals surface area contributed by atoms with E-state index < -0.39 is 22.9 Å². The average molecular weight is 603 g/mol. The quantitative estimate of drug-likeness (QED) is 0.244. The van der Waals surface area contributed by atoms with Gasteiger partial charge in [-0.2, -0.15) is 0 Å². The van der Waals surface area contributed by atoms with Crippen molar-refractivity contribution in [2.45, 2.75) is 63.5 Å². The molecular formula is C29H38N4O8S. The van der Waals surface area contributed by atoms with Gasteiger partial charge in [-0.15, -0.1) is 11.8 Å². The molecule has 0 aromatic heterocycles. The fraction of sp³-hybridized carbons (Fsp3) is 0.621. The van der Waals surface area contributed by atoms with Crippen molar-refractivity contribution in [1.82, 2.24) is 14.7 Å². The number of benzene rings is 1. The summed E-state index contributed by atoms with van der Waals surface area (Å²) in [6.45, 7) is 7.57. The van der Waals surface area contributed by atoms with E-state index in [2.05, 4.69) is 4.90 Å². The zero-order chi connectivity index (χ0) is 30.1. The SMILES string of the molecule is CC(O)[C@H]1C(=O)N2C(C(=O)O)=C(S[C@@H]3CCCN(CC4CCN(C(=O)OCc5ccc([N+](=O)[O-])cc5)CC4)C3)[C@H](C)[C@H]12. The van der Waals surface area contributed by atoms with Gasteiger partial charge in [0.2, 0.25) is 5.91 Å². The highest BCUT2D eigenvalue weighted by atomic mass is 32.2. The van der Waals surface area contributed by atoms with Gasteiger partial charge < -0.3 is 29.6 Å². The summed E-state index contributed by atoms with van der Waals surface area (Å²) in [5.74, 6) is -1.63. The van der Waals surface area contributed by atoms with Crippen LogP contribution in [0.1, 0.15) is 45.1 Å². The van der Waals surface area contributed by atoms with Crippen molar-refractivity contribution < 1.29 is 34.3 Å². The van der Waals surface area contributed by atoms with Crippen LogP contribution in [0.15, 0.2) is 34.9 Å². The number of carboxylic acid groups (broad SMARTS) is 1. The molecule has 4 heterocycles. The Morgan fingerprint density at radius 2 is 1.86 bits per heavy atom. The molecule has 12 nitrogen and oxygen atoms in total. The standard InChI is InChI=1S/C29H38N4O8S/c1-17-24-23(18(2)34)27(35)32(24)25(28(36)37)26(17)42-22-4-3-11-30(15-22)14-19-9-12-31(13-10-19)29(38)41-16-20-5-7-21(8-6-20)33(39)40/h5-8,17-19,22-24,34H,3-4,9-16H2,1-2H3,(H,36,37)/t17-,18?,22-,23-,24-/m1/s1. The second kappa shape index (κ2) is 12.6. The average Bonchev–Trinajstić information content (AvgIpc) is 3.20. The number of nitro benzene ring substituents is 1. The van der Waals surface area contributed by atoms with E-state index in [9.17, 15) is 34.7 Å². The molecular weight excluding hydrogens is 564 g/mol. The summed E-state index contributed by atoms with van der Waals surface area (Å²) in [5, 5.41) is 31.1. The first-order valence-corrected chi connectivity index (χ1v) is 15.5. The maximum absolute atomic E-state index is 12.7. The Morgan fingerprint density at radius 3 is 2.48 bits per heavy atom. The number of thioether (sulfide) groups is 1. The first-order chi connectivity index (χ1) is 20.0. The van der Waals surface area contributed by atoms with E-state index in [1.165, 1.54) is 17.0 Å². The number of β-lactam (4-membered cyclic amide) rings is 1. The molecule has 0 radical (unpaired) electrons. The number of nitro groups is 1. The zero-order valence-corrected chi connectivity index (χ0v) is 24.7. The summed E-state index contributed by atoms with van der Waals surface area (Å²) in [6.07, 6.45) is 2.53. The van der Waals surface area contributed by atoms with Crippen molar-refractivity contribution in [3.05, 3.63) is 50.5 Å². The number of aliphatic hydroxyl groups excluding tert-OH is 1. The molecule has 4 aliphatic heterocycles. The maximum atomic E-state index is 12.7. The molecule has 3 fully saturated rings. The normalized spacial score (nSPS) is 27.5. The minimum absolute atomic E-state index is 0.00629. The highest BCUT2D eigenvalue weighted by molar-refractivity contribution is 8.03. The first kappa shape index (κ1) is 30.3. The molecule has 1 unspecified atom stereocenters. The topological polar surface area (TPSA) is 154 Å². The molecule has 4 aliphatic rings. The molecule has 0 saturated carbocycles. The van der Waals surface area contributed by atoms with Gasteiger partial charge in [-0.3, -0.25) is 14.9 Å². The van der Waals surface area contributed by atoms with Gasteiger partial charge in [0.25, 0.3) is 5.69 Å². The summed E-state index contributed by atoms with van der Waals surface area (Å²) < 4.78 is 5.43. The number of likely N-dealkylation sites (tertiary alicyclic amines) is 2. The molecule has 13 heteroatoms. The summed E-state index contributed by atoms with van der Waals surface area (Å²) in [6, 6.07) is 5.66. The lowest BCUT2D eigenvalue weighted by molar-refractivity contribution is -0.384. The van der Waals surface area contributed by atoms with E-state index in [1.807, 2.05) is 6.92 Å². The van der Waals surface area contributed by atoms with Gasteiger partial charge in [0.1, 0.15) is 12.3 Å². The van der Waals surface area contributed by atoms with Crippen LogP contribution in [-0.2, 0) is 20.9 Å². The maximum Gasteiger partial charge on any atom is 0.410 e. The predicted octanol–water partition coefficient (Wildman–Crippen LogP) is 3.29. The van der Waals surface area contributed by atoms with E-state index in [0.717, 1.165) is 50.2 Å². The number of non-ortho nitro benzene ring substituents is 1. The van der Waals surface area contributed by atoms with Crippen LogP contribution in [0.5, 0.6) is 0 Å². The minimum Gasteiger partial charge on any atom is -0.477 e. The molecule has 1 aromatic rings. The molecule has 3 saturated heterocycles. The van der Waals surface area contributed by atoms with Crippen LogP contribution in [0.25, 0.3) is 0 Å². The van der Waals surface area contributed by atoms with Crippen LogP contribution in [-0.4, -0.2) is 97.9 Å². The van der Waals surface area contributed by atoms with Crippen LogP contribution < -0.4 is 0 Å². The summed E-state index contributed by atoms with van der Waals surface area (Å²) in [4.78, 5) is 54.0. The number of aliphatic carboxylic acids is 1. The van der Waals surface area contributed by atoms with Crippen LogP contribution in [0.3, 0.4) is 0 Å². The Labute approximate surface area is 248 Å². The van der Waals surface area contributed by atoms with Crippen molar-refractivity contribution in [2.24, 2.45) is 17.8 Å². The van der Waals surface area contributed by atoms with E-state index in [1.54, 1.807) is 35.7 Å². The zero-order valence-electron chi connectivity index (χ0n) is 23.9. The van der Waals surface area contributed by atoms with E-state index in [0.29, 0.717) is 24.6 Å². The molecule has 228 valence electrons. The van der Waals surface area contributed by atoms with Gasteiger partial charge in [-0.05, 0) is 62.8 Å². The van der Waals surface area contributed by atoms with Crippen LogP contribution in [0, 0.1) is 27.9 Å². The molecule has 5 rings (SSSR count). The Morgan fingerprint density at radius 1 is 1.17 bits per heavy atom. The van der Waals surface area contributed by atoms with Crippen molar-refractivity contribution in [2.75, 3.05) is 32.7 Å². The molecule has 5 atom stereocenters. The van der Waals surface area contributed by atoms with Crippen LogP contribution in [0.4, 0.5) is 10.5 Å². The number of hydrogen-bond donors (Lipinski definition) is 2. The second-order valence-corrected chi connectivity index (χ2v) is 13.2. The number of rotatable bonds is 9. The number of piperidine rings is 2. The smallest absolute Gasteiger partial charge is 0.410 e. The van der Waals surface area contributed by atoms with E-state index in [4.69, 9.17) is 4.74 Å². The fourth-order valence-electron chi connectivity index (χ4n) is 6.75. The lowest BCUT2D eigenvalue weighted by Gasteiger charge is -2.46. The van der Waals surface area contributed by atoms with Crippen molar-refractivity contribution in [3.8, 4) is 0 Å². The monoisotopic (exact) mass is 602 g/mol. The van der Waals surface area contributed by atoms with Gasteiger partial charge in [0, 0.05) is 54.4 Å². The number of hydrogen-bond acceptors (Lipinski definition) is 9. The van der Waals surface area contributed by atoms with E-state index in [-0.39, 0.29) is 47.2 Å². The lowest BCUT2D eigenvalue weighted by atomic mass is 9.79. The number of aliphatic hydroxyl groups is 1. The second-order valence-electron chi connectivity index (χ2n) is 11.8. The molecule has 0 aliphatic carbocycles. The third kappa shape index (κ3) is 6.13. The number of carbonyl (C=O) groups is 3. The van der Waals surface area contributed by atoms with Crippen LogP contribution in [0.2, 0.25) is 0 Å². The number of fused-ring (bicyclic) bond motifs is 1. The number of nitrogens with zero attached hydrogens (tertiary/aromatic N) is 4. The molecule has 2 N–H and O–H groups in total. The van der Waals surface area contributed by atoms with Crippen LogP contribution >= 0.6 is 11.8 Å². The summed E-state index contributed by atoms with van der Waals surface area (Å²) >= 11 is 1.59. The third-order valence-corrected chi connectivity index (χ3v) is 10.5.